The van der Waals surface area contributed by atoms with Gasteiger partial charge in [0.1, 0.15) is 0 Å². The molecule has 0 unspecified atom stereocenters. The highest BCUT2D eigenvalue weighted by molar-refractivity contribution is 7.99. The molecule has 1 heterocycles. The molecule has 0 bridgehead atoms. The van der Waals surface area contributed by atoms with Gasteiger partial charge in [0.25, 0.3) is 0 Å². The summed E-state index contributed by atoms with van der Waals surface area (Å²) in [4.78, 5) is 12.7. The molecule has 0 saturated carbocycles. The topological polar surface area (TPSA) is 59.8 Å². The summed E-state index contributed by atoms with van der Waals surface area (Å²) in [6, 6.07) is 21.6. The third-order valence-corrected chi connectivity index (χ3v) is 6.38. The van der Waals surface area contributed by atoms with Gasteiger partial charge in [-0.15, -0.1) is 10.2 Å². The fourth-order valence-corrected chi connectivity index (χ4v) is 4.40. The van der Waals surface area contributed by atoms with Gasteiger partial charge < -0.3 is 5.32 Å². The zero-order valence-electron chi connectivity index (χ0n) is 18.1. The first-order valence-corrected chi connectivity index (χ1v) is 11.6. The lowest BCUT2D eigenvalue weighted by Gasteiger charge is -2.13. The SMILES string of the molecule is Cc1ccc(-n2c(SCC(=O)Nc3c(C)cccc3C)nnc2-c2ccccc2Cl)cc1. The van der Waals surface area contributed by atoms with Crippen LogP contribution in [0.2, 0.25) is 5.02 Å². The van der Waals surface area contributed by atoms with E-state index >= 15 is 0 Å². The van der Waals surface area contributed by atoms with Gasteiger partial charge in [-0.25, -0.2) is 0 Å². The van der Waals surface area contributed by atoms with E-state index in [4.69, 9.17) is 11.6 Å². The number of hydrogen-bond acceptors (Lipinski definition) is 4. The Morgan fingerprint density at radius 3 is 2.31 bits per heavy atom. The predicted octanol–water partition coefficient (Wildman–Crippen LogP) is 6.24. The molecule has 162 valence electrons. The molecule has 1 N–H and O–H groups in total. The van der Waals surface area contributed by atoms with Gasteiger partial charge in [-0.3, -0.25) is 9.36 Å². The minimum Gasteiger partial charge on any atom is -0.325 e. The summed E-state index contributed by atoms with van der Waals surface area (Å²) >= 11 is 7.79. The Morgan fingerprint density at radius 2 is 1.62 bits per heavy atom. The normalized spacial score (nSPS) is 10.9. The average molecular weight is 463 g/mol. The van der Waals surface area contributed by atoms with E-state index in [1.807, 2.05) is 92.1 Å². The monoisotopic (exact) mass is 462 g/mol. The van der Waals surface area contributed by atoms with Crippen molar-refractivity contribution < 1.29 is 4.79 Å². The van der Waals surface area contributed by atoms with Gasteiger partial charge in [0.15, 0.2) is 11.0 Å². The Labute approximate surface area is 196 Å². The molecule has 0 atom stereocenters. The van der Waals surface area contributed by atoms with Crippen LogP contribution in [0.25, 0.3) is 17.1 Å². The van der Waals surface area contributed by atoms with Crippen molar-refractivity contribution >= 4 is 35.0 Å². The molecule has 0 fully saturated rings. The third kappa shape index (κ3) is 4.71. The molecule has 0 aliphatic carbocycles. The van der Waals surface area contributed by atoms with Crippen LogP contribution in [0.3, 0.4) is 0 Å². The Kier molecular flexibility index (Phi) is 6.63. The Morgan fingerprint density at radius 1 is 0.938 bits per heavy atom. The fourth-order valence-electron chi connectivity index (χ4n) is 3.42. The highest BCUT2D eigenvalue weighted by atomic mass is 35.5. The molecule has 0 aliphatic rings. The van der Waals surface area contributed by atoms with Gasteiger partial charge in [-0.2, -0.15) is 0 Å². The van der Waals surface area contributed by atoms with E-state index in [9.17, 15) is 4.79 Å². The molecular weight excluding hydrogens is 440 g/mol. The Balaban J connectivity index is 1.63. The van der Waals surface area contributed by atoms with Gasteiger partial charge in [0.05, 0.1) is 10.8 Å². The maximum Gasteiger partial charge on any atom is 0.234 e. The van der Waals surface area contributed by atoms with Crippen molar-refractivity contribution in [2.24, 2.45) is 0 Å². The largest absolute Gasteiger partial charge is 0.325 e. The molecule has 4 rings (SSSR count). The number of aromatic nitrogens is 3. The van der Waals surface area contributed by atoms with Crippen LogP contribution in [0.1, 0.15) is 16.7 Å². The van der Waals surface area contributed by atoms with Crippen molar-refractivity contribution in [1.29, 1.82) is 0 Å². The number of thioether (sulfide) groups is 1. The molecule has 0 radical (unpaired) electrons. The van der Waals surface area contributed by atoms with Crippen LogP contribution in [0, 0.1) is 20.8 Å². The number of nitrogens with zero attached hydrogens (tertiary/aromatic N) is 3. The van der Waals surface area contributed by atoms with Gasteiger partial charge in [0.2, 0.25) is 5.91 Å². The number of amides is 1. The van der Waals surface area contributed by atoms with Crippen molar-refractivity contribution in [2.45, 2.75) is 25.9 Å². The van der Waals surface area contributed by atoms with Crippen LogP contribution in [-0.2, 0) is 4.79 Å². The summed E-state index contributed by atoms with van der Waals surface area (Å²) < 4.78 is 1.94. The Bertz CT molecular complexity index is 1250. The lowest BCUT2D eigenvalue weighted by Crippen LogP contribution is -2.16. The number of carbonyl (C=O) groups excluding carboxylic acids is 1. The number of aryl methyl sites for hydroxylation is 3. The minimum absolute atomic E-state index is 0.0925. The van der Waals surface area contributed by atoms with Gasteiger partial charge in [-0.1, -0.05) is 71.4 Å². The number of carbonyl (C=O) groups is 1. The summed E-state index contributed by atoms with van der Waals surface area (Å²) in [5.74, 6) is 0.752. The van der Waals surface area contributed by atoms with E-state index in [1.54, 1.807) is 0 Å². The van der Waals surface area contributed by atoms with Crippen LogP contribution < -0.4 is 5.32 Å². The summed E-state index contributed by atoms with van der Waals surface area (Å²) in [5, 5.41) is 13.0. The second kappa shape index (κ2) is 9.59. The smallest absolute Gasteiger partial charge is 0.234 e. The molecule has 5 nitrogen and oxygen atoms in total. The molecule has 1 aromatic heterocycles. The van der Waals surface area contributed by atoms with Crippen molar-refractivity contribution in [3.8, 4) is 17.1 Å². The number of hydrogen-bond donors (Lipinski definition) is 1. The minimum atomic E-state index is -0.0925. The second-order valence-electron chi connectivity index (χ2n) is 7.56. The zero-order chi connectivity index (χ0) is 22.7. The van der Waals surface area contributed by atoms with Crippen LogP contribution >= 0.6 is 23.4 Å². The summed E-state index contributed by atoms with van der Waals surface area (Å²) in [6.07, 6.45) is 0. The number of para-hydroxylation sites is 1. The van der Waals surface area contributed by atoms with Gasteiger partial charge in [-0.05, 0) is 56.2 Å². The lowest BCUT2D eigenvalue weighted by molar-refractivity contribution is -0.113. The third-order valence-electron chi connectivity index (χ3n) is 5.12. The molecule has 0 aliphatic heterocycles. The van der Waals surface area contributed by atoms with Crippen molar-refractivity contribution in [3.63, 3.8) is 0 Å². The quantitative estimate of drug-likeness (QED) is 0.344. The molecule has 32 heavy (non-hydrogen) atoms. The number of nitrogens with one attached hydrogen (secondary N) is 1. The zero-order valence-corrected chi connectivity index (χ0v) is 19.7. The molecule has 0 spiro atoms. The van der Waals surface area contributed by atoms with Crippen molar-refractivity contribution in [2.75, 3.05) is 11.1 Å². The standard InChI is InChI=1S/C25H23ClN4OS/c1-16-11-13-19(14-12-16)30-24(20-9-4-5-10-21(20)26)28-29-25(30)32-15-22(31)27-23-17(2)7-6-8-18(23)3/h4-14H,15H2,1-3H3,(H,27,31). The Hall–Kier alpha value is -3.09. The number of benzene rings is 3. The molecule has 3 aromatic carbocycles. The number of anilines is 1. The molecular formula is C25H23ClN4OS. The van der Waals surface area contributed by atoms with E-state index in [-0.39, 0.29) is 11.7 Å². The number of rotatable bonds is 6. The molecule has 0 saturated heterocycles. The first-order valence-electron chi connectivity index (χ1n) is 10.2. The van der Waals surface area contributed by atoms with Crippen molar-refractivity contribution in [3.05, 3.63) is 88.4 Å². The summed E-state index contributed by atoms with van der Waals surface area (Å²) in [5.41, 5.74) is 5.78. The lowest BCUT2D eigenvalue weighted by atomic mass is 10.1. The maximum atomic E-state index is 12.7. The highest BCUT2D eigenvalue weighted by Crippen LogP contribution is 2.32. The van der Waals surface area contributed by atoms with Gasteiger partial charge in [0, 0.05) is 16.9 Å². The highest BCUT2D eigenvalue weighted by Gasteiger charge is 2.19. The molecule has 4 aromatic rings. The van der Waals surface area contributed by atoms with E-state index in [0.29, 0.717) is 16.0 Å². The van der Waals surface area contributed by atoms with E-state index in [0.717, 1.165) is 33.6 Å². The van der Waals surface area contributed by atoms with Crippen molar-refractivity contribution in [1.82, 2.24) is 14.8 Å². The summed E-state index contributed by atoms with van der Waals surface area (Å²) in [6.45, 7) is 6.01. The first kappa shape index (κ1) is 22.1. The van der Waals surface area contributed by atoms with Gasteiger partial charge >= 0.3 is 0 Å². The fraction of sp³-hybridized carbons (Fsp3) is 0.160. The average Bonchev–Trinajstić information content (AvgIpc) is 3.19. The molecule has 1 amide bonds. The molecule has 7 heteroatoms. The van der Waals surface area contributed by atoms with Crippen LogP contribution in [0.5, 0.6) is 0 Å². The predicted molar refractivity (Wildman–Crippen MR) is 132 cm³/mol. The maximum absolute atomic E-state index is 12.7. The van der Waals surface area contributed by atoms with E-state index in [1.165, 1.54) is 11.8 Å². The van der Waals surface area contributed by atoms with Crippen LogP contribution in [0.4, 0.5) is 5.69 Å². The van der Waals surface area contributed by atoms with Crippen LogP contribution in [0.15, 0.2) is 71.9 Å². The second-order valence-corrected chi connectivity index (χ2v) is 8.91. The van der Waals surface area contributed by atoms with Crippen LogP contribution in [-0.4, -0.2) is 26.4 Å². The van der Waals surface area contributed by atoms with E-state index in [2.05, 4.69) is 15.5 Å². The first-order chi connectivity index (χ1) is 15.4. The summed E-state index contributed by atoms with van der Waals surface area (Å²) in [7, 11) is 0. The van der Waals surface area contributed by atoms with E-state index < -0.39 is 0 Å². The number of halogens is 1.